The Balaban J connectivity index is 1.57. The van der Waals surface area contributed by atoms with E-state index in [9.17, 15) is 9.59 Å². The maximum absolute atomic E-state index is 13.3. The summed E-state index contributed by atoms with van der Waals surface area (Å²) in [4.78, 5) is 31.6. The molecular weight excluding hydrogens is 458 g/mol. The summed E-state index contributed by atoms with van der Waals surface area (Å²) >= 11 is 7.41. The number of nitrogens with one attached hydrogen (secondary N) is 1. The fourth-order valence-corrected chi connectivity index (χ4v) is 4.71. The smallest absolute Gasteiger partial charge is 0.324 e. The Bertz CT molecular complexity index is 1580. The van der Waals surface area contributed by atoms with Crippen molar-refractivity contribution in [1.82, 2.24) is 19.2 Å². The molecule has 0 saturated carbocycles. The summed E-state index contributed by atoms with van der Waals surface area (Å²) in [5, 5.41) is 8.32. The van der Waals surface area contributed by atoms with Crippen molar-refractivity contribution in [2.24, 2.45) is 0 Å². The third-order valence-corrected chi connectivity index (χ3v) is 6.17. The number of nitrogens with zero attached hydrogens (tertiary/aromatic N) is 4. The lowest BCUT2D eigenvalue weighted by atomic mass is 10.2. The lowest BCUT2D eigenvalue weighted by molar-refractivity contribution is -0.117. The molecule has 0 atom stereocenters. The minimum absolute atomic E-state index is 0.240. The number of fused-ring (bicyclic) bond motifs is 3. The Morgan fingerprint density at radius 2 is 1.88 bits per heavy atom. The maximum atomic E-state index is 13.3. The van der Waals surface area contributed by atoms with Crippen molar-refractivity contribution in [3.63, 3.8) is 0 Å². The lowest BCUT2D eigenvalue weighted by Crippen LogP contribution is -2.28. The summed E-state index contributed by atoms with van der Waals surface area (Å²) in [7, 11) is 0. The van der Waals surface area contributed by atoms with Crippen molar-refractivity contribution in [2.75, 3.05) is 5.32 Å². The quantitative estimate of drug-likeness (QED) is 0.395. The number of hydrogen-bond acceptors (Lipinski definition) is 5. The van der Waals surface area contributed by atoms with E-state index in [1.807, 2.05) is 55.5 Å². The van der Waals surface area contributed by atoms with Crippen LogP contribution in [0.5, 0.6) is 0 Å². The maximum Gasteiger partial charge on any atom is 0.351 e. The standard InChI is InChI=1S/C24H18ClN5O2S/c1-15-6-4-9-18(12-15)33-23-22-28-29(14-21(31)26-17-8-5-7-16(25)13-17)24(32)30(22)20-11-3-2-10-19(20)27-23/h2-13H,14H2,1H3,(H,26,31). The molecule has 0 saturated heterocycles. The first kappa shape index (κ1) is 21.2. The Kier molecular flexibility index (Phi) is 5.62. The van der Waals surface area contributed by atoms with E-state index in [-0.39, 0.29) is 12.5 Å². The zero-order valence-corrected chi connectivity index (χ0v) is 19.1. The monoisotopic (exact) mass is 475 g/mol. The topological polar surface area (TPSA) is 81.3 Å². The number of carbonyl (C=O) groups excluding carboxylic acids is 1. The molecule has 33 heavy (non-hydrogen) atoms. The number of anilines is 1. The zero-order valence-electron chi connectivity index (χ0n) is 17.5. The van der Waals surface area contributed by atoms with E-state index < -0.39 is 5.69 Å². The molecule has 0 spiro atoms. The normalized spacial score (nSPS) is 11.2. The predicted octanol–water partition coefficient (Wildman–Crippen LogP) is 4.80. The van der Waals surface area contributed by atoms with Crippen LogP contribution < -0.4 is 11.0 Å². The number of aryl methyl sites for hydroxylation is 1. The number of halogens is 1. The van der Waals surface area contributed by atoms with E-state index in [0.717, 1.165) is 15.1 Å². The van der Waals surface area contributed by atoms with E-state index in [1.165, 1.54) is 16.2 Å². The van der Waals surface area contributed by atoms with Crippen LogP contribution in [0.2, 0.25) is 5.02 Å². The molecule has 0 aliphatic rings. The summed E-state index contributed by atoms with van der Waals surface area (Å²) in [6, 6.07) is 22.2. The van der Waals surface area contributed by atoms with Gasteiger partial charge in [0.2, 0.25) is 5.91 Å². The summed E-state index contributed by atoms with van der Waals surface area (Å²) in [6.07, 6.45) is 0. The van der Waals surface area contributed by atoms with Gasteiger partial charge in [-0.15, -0.1) is 5.10 Å². The number of benzene rings is 3. The molecule has 1 N–H and O–H groups in total. The van der Waals surface area contributed by atoms with Crippen LogP contribution in [0.3, 0.4) is 0 Å². The van der Waals surface area contributed by atoms with Crippen LogP contribution in [-0.4, -0.2) is 25.1 Å². The third kappa shape index (κ3) is 4.35. The fourth-order valence-electron chi connectivity index (χ4n) is 3.54. The van der Waals surface area contributed by atoms with Crippen molar-refractivity contribution in [2.45, 2.75) is 23.4 Å². The number of aromatic nitrogens is 4. The number of hydrogen-bond donors (Lipinski definition) is 1. The van der Waals surface area contributed by atoms with Crippen molar-refractivity contribution in [3.8, 4) is 0 Å². The van der Waals surface area contributed by atoms with Gasteiger partial charge < -0.3 is 5.32 Å². The molecule has 7 nitrogen and oxygen atoms in total. The Morgan fingerprint density at radius 3 is 2.70 bits per heavy atom. The second-order valence-electron chi connectivity index (χ2n) is 7.48. The van der Waals surface area contributed by atoms with Gasteiger partial charge in [0.1, 0.15) is 11.6 Å². The first-order valence-corrected chi connectivity index (χ1v) is 11.4. The number of para-hydroxylation sites is 2. The number of amides is 1. The van der Waals surface area contributed by atoms with E-state index in [0.29, 0.717) is 32.4 Å². The predicted molar refractivity (Wildman–Crippen MR) is 130 cm³/mol. The van der Waals surface area contributed by atoms with Gasteiger partial charge in [-0.05, 0) is 49.4 Å². The van der Waals surface area contributed by atoms with Gasteiger partial charge >= 0.3 is 5.69 Å². The first-order valence-electron chi connectivity index (χ1n) is 10.2. The van der Waals surface area contributed by atoms with Gasteiger partial charge in [-0.2, -0.15) is 0 Å². The third-order valence-electron chi connectivity index (χ3n) is 4.98. The van der Waals surface area contributed by atoms with E-state index in [1.54, 1.807) is 24.3 Å². The molecule has 2 aromatic heterocycles. The highest BCUT2D eigenvalue weighted by molar-refractivity contribution is 7.99. The average molecular weight is 476 g/mol. The van der Waals surface area contributed by atoms with Crippen molar-refractivity contribution >= 4 is 51.6 Å². The van der Waals surface area contributed by atoms with Crippen LogP contribution in [0.25, 0.3) is 16.7 Å². The fraction of sp³-hybridized carbons (Fsp3) is 0.0833. The van der Waals surface area contributed by atoms with Gasteiger partial charge in [-0.1, -0.05) is 59.3 Å². The van der Waals surface area contributed by atoms with Crippen LogP contribution in [-0.2, 0) is 11.3 Å². The van der Waals surface area contributed by atoms with Gasteiger partial charge in [0.15, 0.2) is 5.65 Å². The van der Waals surface area contributed by atoms with Gasteiger partial charge in [-0.3, -0.25) is 4.79 Å². The Labute approximate surface area is 198 Å². The highest BCUT2D eigenvalue weighted by Crippen LogP contribution is 2.30. The van der Waals surface area contributed by atoms with Gasteiger partial charge in [-0.25, -0.2) is 18.9 Å². The second kappa shape index (κ2) is 8.73. The van der Waals surface area contributed by atoms with Gasteiger partial charge in [0.25, 0.3) is 0 Å². The number of carbonyl (C=O) groups is 1. The highest BCUT2D eigenvalue weighted by Gasteiger charge is 2.18. The second-order valence-corrected chi connectivity index (χ2v) is 8.98. The lowest BCUT2D eigenvalue weighted by Gasteiger charge is -2.06. The average Bonchev–Trinajstić information content (AvgIpc) is 3.10. The van der Waals surface area contributed by atoms with Crippen molar-refractivity contribution in [1.29, 1.82) is 0 Å². The van der Waals surface area contributed by atoms with E-state index in [4.69, 9.17) is 16.6 Å². The summed E-state index contributed by atoms with van der Waals surface area (Å²) < 4.78 is 2.66. The molecule has 0 unspecified atom stereocenters. The molecule has 2 heterocycles. The Morgan fingerprint density at radius 1 is 1.06 bits per heavy atom. The highest BCUT2D eigenvalue weighted by atomic mass is 35.5. The van der Waals surface area contributed by atoms with Gasteiger partial charge in [0.05, 0.1) is 11.0 Å². The summed E-state index contributed by atoms with van der Waals surface area (Å²) in [5.41, 5.74) is 2.97. The minimum atomic E-state index is -0.407. The van der Waals surface area contributed by atoms with E-state index in [2.05, 4.69) is 10.4 Å². The Hall–Kier alpha value is -3.62. The molecule has 5 rings (SSSR count). The van der Waals surface area contributed by atoms with Gasteiger partial charge in [0, 0.05) is 15.6 Å². The summed E-state index contributed by atoms with van der Waals surface area (Å²) in [6.45, 7) is 1.78. The van der Waals surface area contributed by atoms with Crippen LogP contribution in [0.1, 0.15) is 5.56 Å². The molecule has 0 bridgehead atoms. The summed E-state index contributed by atoms with van der Waals surface area (Å²) in [5.74, 6) is -0.382. The number of rotatable bonds is 5. The molecule has 0 aliphatic carbocycles. The molecular formula is C24H18ClN5O2S. The molecule has 3 aromatic carbocycles. The molecule has 0 aliphatic heterocycles. The molecule has 1 amide bonds. The minimum Gasteiger partial charge on any atom is -0.324 e. The van der Waals surface area contributed by atoms with Crippen LogP contribution in [0.4, 0.5) is 5.69 Å². The SMILES string of the molecule is Cc1cccc(Sc2nc3ccccc3n3c(=O)n(CC(=O)Nc4cccc(Cl)c4)nc23)c1. The molecule has 0 fully saturated rings. The van der Waals surface area contributed by atoms with Crippen molar-refractivity contribution in [3.05, 3.63) is 93.9 Å². The first-order chi connectivity index (χ1) is 16.0. The molecule has 0 radical (unpaired) electrons. The zero-order chi connectivity index (χ0) is 22.9. The molecule has 5 aromatic rings. The molecule has 9 heteroatoms. The molecule has 164 valence electrons. The largest absolute Gasteiger partial charge is 0.351 e. The van der Waals surface area contributed by atoms with Crippen LogP contribution in [0, 0.1) is 6.92 Å². The van der Waals surface area contributed by atoms with Crippen LogP contribution >= 0.6 is 23.4 Å². The van der Waals surface area contributed by atoms with Crippen molar-refractivity contribution < 1.29 is 4.79 Å². The van der Waals surface area contributed by atoms with E-state index >= 15 is 0 Å². The van der Waals surface area contributed by atoms with Crippen LogP contribution in [0.15, 0.2) is 87.5 Å².